The molecule has 0 unspecified atom stereocenters. The third-order valence-corrected chi connectivity index (χ3v) is 2.42. The van der Waals surface area contributed by atoms with Crippen molar-refractivity contribution in [3.05, 3.63) is 0 Å². The van der Waals surface area contributed by atoms with E-state index < -0.39 is 11.6 Å². The minimum absolute atomic E-state index is 0.475. The second-order valence-corrected chi connectivity index (χ2v) is 4.31. The first kappa shape index (κ1) is 10.5. The second-order valence-electron chi connectivity index (χ2n) is 4.31. The fourth-order valence-electron chi connectivity index (χ4n) is 1.55. The molecule has 0 aliphatic heterocycles. The lowest BCUT2D eigenvalue weighted by Gasteiger charge is -2.17. The van der Waals surface area contributed by atoms with Crippen LogP contribution in [-0.2, 0) is 9.53 Å². The van der Waals surface area contributed by atoms with E-state index in [1.807, 2.05) is 0 Å². The van der Waals surface area contributed by atoms with Crippen LogP contribution in [0.25, 0.3) is 0 Å². The summed E-state index contributed by atoms with van der Waals surface area (Å²) in [5.74, 6) is 0.00528. The average molecular weight is 186 g/mol. The first-order valence-corrected chi connectivity index (χ1v) is 4.90. The van der Waals surface area contributed by atoms with Crippen molar-refractivity contribution in [1.29, 1.82) is 0 Å². The van der Waals surface area contributed by atoms with Crippen LogP contribution >= 0.6 is 0 Å². The molecular weight excluding hydrogens is 168 g/mol. The molecule has 3 heteroatoms. The second kappa shape index (κ2) is 4.09. The molecular formula is C10H18O3. The summed E-state index contributed by atoms with van der Waals surface area (Å²) in [6.45, 7) is 3.37. The number of carbonyl (C=O) groups is 1. The topological polar surface area (TPSA) is 46.5 Å². The van der Waals surface area contributed by atoms with Crippen LogP contribution in [0.1, 0.15) is 39.5 Å². The number of hydrogen-bond donors (Lipinski definition) is 1. The molecule has 0 aromatic carbocycles. The Morgan fingerprint density at radius 3 is 2.46 bits per heavy atom. The first-order valence-electron chi connectivity index (χ1n) is 4.90. The number of rotatable bonds is 3. The van der Waals surface area contributed by atoms with Crippen molar-refractivity contribution < 1.29 is 14.6 Å². The quantitative estimate of drug-likeness (QED) is 0.679. The van der Waals surface area contributed by atoms with Gasteiger partial charge in [-0.3, -0.25) is 0 Å². The number of carbonyl (C=O) groups excluding carboxylic acids is 1. The highest BCUT2D eigenvalue weighted by Gasteiger charge is 2.27. The average Bonchev–Trinajstić information content (AvgIpc) is 2.50. The molecule has 0 heterocycles. The molecule has 0 aromatic heterocycles. The number of hydrogen-bond acceptors (Lipinski definition) is 3. The zero-order chi connectivity index (χ0) is 9.90. The molecule has 1 fully saturated rings. The maximum Gasteiger partial charge on any atom is 0.337 e. The highest BCUT2D eigenvalue weighted by Crippen LogP contribution is 2.25. The standard InChI is InChI=1S/C10H18O3/c1-10(2,12)9(11)13-7-8-5-3-4-6-8/h8,12H,3-7H2,1-2H3. The van der Waals surface area contributed by atoms with Gasteiger partial charge in [0.15, 0.2) is 5.60 Å². The summed E-state index contributed by atoms with van der Waals surface area (Å²) < 4.78 is 5.00. The molecule has 76 valence electrons. The number of aliphatic hydroxyl groups is 1. The fourth-order valence-corrected chi connectivity index (χ4v) is 1.55. The van der Waals surface area contributed by atoms with E-state index in [0.29, 0.717) is 12.5 Å². The van der Waals surface area contributed by atoms with Crippen molar-refractivity contribution in [2.24, 2.45) is 5.92 Å². The van der Waals surface area contributed by atoms with Crippen LogP contribution in [0.5, 0.6) is 0 Å². The predicted octanol–water partition coefficient (Wildman–Crippen LogP) is 1.49. The lowest BCUT2D eigenvalue weighted by Crippen LogP contribution is -2.34. The first-order chi connectivity index (χ1) is 6.00. The van der Waals surface area contributed by atoms with Gasteiger partial charge in [-0.05, 0) is 32.6 Å². The number of esters is 1. The van der Waals surface area contributed by atoms with Crippen molar-refractivity contribution >= 4 is 5.97 Å². The van der Waals surface area contributed by atoms with Crippen LogP contribution < -0.4 is 0 Å². The van der Waals surface area contributed by atoms with Crippen LogP contribution in [0.2, 0.25) is 0 Å². The van der Waals surface area contributed by atoms with E-state index >= 15 is 0 Å². The maximum absolute atomic E-state index is 11.1. The van der Waals surface area contributed by atoms with E-state index in [1.165, 1.54) is 26.7 Å². The Labute approximate surface area is 79.1 Å². The van der Waals surface area contributed by atoms with Gasteiger partial charge in [0.2, 0.25) is 0 Å². The molecule has 0 radical (unpaired) electrons. The van der Waals surface area contributed by atoms with E-state index in [9.17, 15) is 9.90 Å². The summed E-state index contributed by atoms with van der Waals surface area (Å²) in [5, 5.41) is 9.29. The van der Waals surface area contributed by atoms with Crippen LogP contribution in [-0.4, -0.2) is 23.3 Å². The van der Waals surface area contributed by atoms with Gasteiger partial charge in [-0.15, -0.1) is 0 Å². The zero-order valence-electron chi connectivity index (χ0n) is 8.38. The molecule has 1 aliphatic rings. The molecule has 0 bridgehead atoms. The lowest BCUT2D eigenvalue weighted by atomic mass is 10.1. The smallest absolute Gasteiger partial charge is 0.337 e. The summed E-state index contributed by atoms with van der Waals surface area (Å²) >= 11 is 0. The van der Waals surface area contributed by atoms with Gasteiger partial charge in [0.1, 0.15) is 0 Å². The summed E-state index contributed by atoms with van der Waals surface area (Å²) in [4.78, 5) is 11.1. The van der Waals surface area contributed by atoms with Gasteiger partial charge >= 0.3 is 5.97 Å². The predicted molar refractivity (Wildman–Crippen MR) is 49.2 cm³/mol. The van der Waals surface area contributed by atoms with Crippen LogP contribution in [0.15, 0.2) is 0 Å². The minimum atomic E-state index is -1.35. The fraction of sp³-hybridized carbons (Fsp3) is 0.900. The van der Waals surface area contributed by atoms with Crippen LogP contribution in [0.4, 0.5) is 0 Å². The minimum Gasteiger partial charge on any atom is -0.463 e. The van der Waals surface area contributed by atoms with Gasteiger partial charge in [0, 0.05) is 0 Å². The zero-order valence-corrected chi connectivity index (χ0v) is 8.38. The molecule has 1 N–H and O–H groups in total. The van der Waals surface area contributed by atoms with E-state index in [1.54, 1.807) is 0 Å². The molecule has 1 rings (SSSR count). The summed E-state index contributed by atoms with van der Waals surface area (Å²) in [5.41, 5.74) is -1.35. The van der Waals surface area contributed by atoms with Gasteiger partial charge in [0.05, 0.1) is 6.61 Å². The van der Waals surface area contributed by atoms with Crippen molar-refractivity contribution in [3.8, 4) is 0 Å². The SMILES string of the molecule is CC(C)(O)C(=O)OCC1CCCC1. The molecule has 0 saturated heterocycles. The van der Waals surface area contributed by atoms with Gasteiger partial charge in [0.25, 0.3) is 0 Å². The van der Waals surface area contributed by atoms with E-state index in [0.717, 1.165) is 12.8 Å². The van der Waals surface area contributed by atoms with Crippen molar-refractivity contribution in [2.45, 2.75) is 45.1 Å². The van der Waals surface area contributed by atoms with Crippen molar-refractivity contribution in [3.63, 3.8) is 0 Å². The Bertz CT molecular complexity index is 175. The van der Waals surface area contributed by atoms with Gasteiger partial charge in [-0.1, -0.05) is 12.8 Å². The highest BCUT2D eigenvalue weighted by atomic mass is 16.5. The summed E-state index contributed by atoms with van der Waals surface area (Å²) in [6, 6.07) is 0. The van der Waals surface area contributed by atoms with Crippen molar-refractivity contribution in [2.75, 3.05) is 6.61 Å². The molecule has 0 amide bonds. The van der Waals surface area contributed by atoms with E-state index in [4.69, 9.17) is 4.74 Å². The molecule has 3 nitrogen and oxygen atoms in total. The molecule has 1 saturated carbocycles. The van der Waals surface area contributed by atoms with E-state index in [2.05, 4.69) is 0 Å². The number of ether oxygens (including phenoxy) is 1. The molecule has 0 spiro atoms. The third kappa shape index (κ3) is 3.35. The molecule has 0 aromatic rings. The molecule has 0 atom stereocenters. The largest absolute Gasteiger partial charge is 0.463 e. The maximum atomic E-state index is 11.1. The van der Waals surface area contributed by atoms with Gasteiger partial charge in [-0.25, -0.2) is 4.79 Å². The molecule has 13 heavy (non-hydrogen) atoms. The lowest BCUT2D eigenvalue weighted by molar-refractivity contribution is -0.163. The van der Waals surface area contributed by atoms with Crippen LogP contribution in [0.3, 0.4) is 0 Å². The molecule has 1 aliphatic carbocycles. The van der Waals surface area contributed by atoms with Crippen molar-refractivity contribution in [1.82, 2.24) is 0 Å². The Hall–Kier alpha value is -0.570. The Kier molecular flexibility index (Phi) is 3.31. The summed E-state index contributed by atoms with van der Waals surface area (Å²) in [7, 11) is 0. The Morgan fingerprint density at radius 1 is 1.46 bits per heavy atom. The Balaban J connectivity index is 2.22. The van der Waals surface area contributed by atoms with Gasteiger partial charge in [-0.2, -0.15) is 0 Å². The summed E-state index contributed by atoms with van der Waals surface area (Å²) in [6.07, 6.45) is 4.79. The van der Waals surface area contributed by atoms with E-state index in [-0.39, 0.29) is 0 Å². The van der Waals surface area contributed by atoms with Gasteiger partial charge < -0.3 is 9.84 Å². The third-order valence-electron chi connectivity index (χ3n) is 2.42. The Morgan fingerprint density at radius 2 is 2.00 bits per heavy atom. The normalized spacial score (nSPS) is 19.0. The highest BCUT2D eigenvalue weighted by molar-refractivity contribution is 5.78. The monoisotopic (exact) mass is 186 g/mol. The van der Waals surface area contributed by atoms with Crippen LogP contribution in [0, 0.1) is 5.92 Å².